The van der Waals surface area contributed by atoms with Crippen molar-refractivity contribution >= 4 is 29.2 Å². The van der Waals surface area contributed by atoms with Crippen LogP contribution in [0.4, 0.5) is 5.82 Å². The first kappa shape index (κ1) is 14.5. The molecule has 8 heteroatoms. The number of amides is 2. The van der Waals surface area contributed by atoms with Crippen LogP contribution in [0.15, 0.2) is 12.1 Å². The highest BCUT2D eigenvalue weighted by Crippen LogP contribution is 2.19. The monoisotopic (exact) mass is 297 g/mol. The summed E-state index contributed by atoms with van der Waals surface area (Å²) in [4.78, 5) is 31.0. The number of hydrazine groups is 1. The Morgan fingerprint density at radius 2 is 1.95 bits per heavy atom. The van der Waals surface area contributed by atoms with Crippen LogP contribution in [0.1, 0.15) is 12.6 Å². The number of halogens is 1. The summed E-state index contributed by atoms with van der Waals surface area (Å²) >= 11 is 6.05. The summed E-state index contributed by atoms with van der Waals surface area (Å²) in [6, 6.07) is 3.28. The SMILES string of the molecule is CCN1CCN(Cc2nc(NN)ccc2Cl)C(=O)C1=O. The second-order valence-corrected chi connectivity index (χ2v) is 4.79. The number of hydrogen-bond acceptors (Lipinski definition) is 5. The van der Waals surface area contributed by atoms with Crippen LogP contribution in [0.25, 0.3) is 0 Å². The number of anilines is 1. The molecular weight excluding hydrogens is 282 g/mol. The number of aromatic nitrogens is 1. The quantitative estimate of drug-likeness (QED) is 0.471. The molecule has 0 saturated carbocycles. The molecule has 0 aromatic carbocycles. The Morgan fingerprint density at radius 3 is 2.60 bits per heavy atom. The van der Waals surface area contributed by atoms with Crippen LogP contribution in [-0.4, -0.2) is 46.2 Å². The molecule has 0 bridgehead atoms. The van der Waals surface area contributed by atoms with Gasteiger partial charge in [0.05, 0.1) is 17.3 Å². The van der Waals surface area contributed by atoms with Crippen LogP contribution in [-0.2, 0) is 16.1 Å². The van der Waals surface area contributed by atoms with Gasteiger partial charge in [-0.15, -0.1) is 0 Å². The molecule has 0 spiro atoms. The topological polar surface area (TPSA) is 91.6 Å². The van der Waals surface area contributed by atoms with Crippen LogP contribution in [0.3, 0.4) is 0 Å². The third-order valence-corrected chi connectivity index (χ3v) is 3.53. The number of carbonyl (C=O) groups is 2. The first-order valence-corrected chi connectivity index (χ1v) is 6.64. The van der Waals surface area contributed by atoms with Gasteiger partial charge in [-0.2, -0.15) is 0 Å². The molecule has 0 aliphatic carbocycles. The summed E-state index contributed by atoms with van der Waals surface area (Å²) in [6.07, 6.45) is 0. The highest BCUT2D eigenvalue weighted by atomic mass is 35.5. The molecule has 2 amide bonds. The molecular formula is C12H16ClN5O2. The molecule has 3 N–H and O–H groups in total. The van der Waals surface area contributed by atoms with E-state index >= 15 is 0 Å². The lowest BCUT2D eigenvalue weighted by Gasteiger charge is -2.33. The zero-order valence-electron chi connectivity index (χ0n) is 11.1. The van der Waals surface area contributed by atoms with Gasteiger partial charge in [0.1, 0.15) is 5.82 Å². The van der Waals surface area contributed by atoms with E-state index in [1.165, 1.54) is 9.80 Å². The van der Waals surface area contributed by atoms with Gasteiger partial charge in [-0.3, -0.25) is 9.59 Å². The molecule has 0 radical (unpaired) electrons. The molecule has 108 valence electrons. The number of nitrogens with zero attached hydrogens (tertiary/aromatic N) is 3. The minimum absolute atomic E-state index is 0.191. The fraction of sp³-hybridized carbons (Fsp3) is 0.417. The summed E-state index contributed by atoms with van der Waals surface area (Å²) in [5.41, 5.74) is 2.93. The highest BCUT2D eigenvalue weighted by Gasteiger charge is 2.31. The van der Waals surface area contributed by atoms with Crippen molar-refractivity contribution in [2.45, 2.75) is 13.5 Å². The minimum Gasteiger partial charge on any atom is -0.333 e. The minimum atomic E-state index is -0.526. The number of rotatable bonds is 4. The Hall–Kier alpha value is -1.86. The summed E-state index contributed by atoms with van der Waals surface area (Å²) in [5, 5.41) is 0.433. The van der Waals surface area contributed by atoms with Gasteiger partial charge in [0.15, 0.2) is 0 Å². The normalized spacial score (nSPS) is 15.8. The lowest BCUT2D eigenvalue weighted by Crippen LogP contribution is -2.53. The van der Waals surface area contributed by atoms with E-state index in [0.717, 1.165) is 0 Å². The van der Waals surface area contributed by atoms with Gasteiger partial charge in [0.2, 0.25) is 0 Å². The van der Waals surface area contributed by atoms with Crippen molar-refractivity contribution < 1.29 is 9.59 Å². The molecule has 1 aliphatic heterocycles. The van der Waals surface area contributed by atoms with Crippen LogP contribution in [0, 0.1) is 0 Å². The van der Waals surface area contributed by atoms with E-state index in [-0.39, 0.29) is 6.54 Å². The molecule has 2 rings (SSSR count). The Morgan fingerprint density at radius 1 is 1.30 bits per heavy atom. The van der Waals surface area contributed by atoms with Crippen LogP contribution in [0.5, 0.6) is 0 Å². The Bertz CT molecular complexity index is 537. The number of hydrogen-bond donors (Lipinski definition) is 2. The van der Waals surface area contributed by atoms with Gasteiger partial charge in [0.25, 0.3) is 0 Å². The van der Waals surface area contributed by atoms with Crippen molar-refractivity contribution in [2.24, 2.45) is 5.84 Å². The summed E-state index contributed by atoms with van der Waals surface area (Å²) in [6.45, 7) is 3.56. The molecule has 20 heavy (non-hydrogen) atoms. The van der Waals surface area contributed by atoms with Crippen LogP contribution < -0.4 is 11.3 Å². The van der Waals surface area contributed by atoms with Crippen molar-refractivity contribution in [3.63, 3.8) is 0 Å². The largest absolute Gasteiger partial charge is 0.333 e. The van der Waals surface area contributed by atoms with E-state index in [1.54, 1.807) is 12.1 Å². The molecule has 1 fully saturated rings. The van der Waals surface area contributed by atoms with E-state index in [1.807, 2.05) is 6.92 Å². The van der Waals surface area contributed by atoms with Crippen molar-refractivity contribution in [3.05, 3.63) is 22.8 Å². The summed E-state index contributed by atoms with van der Waals surface area (Å²) < 4.78 is 0. The highest BCUT2D eigenvalue weighted by molar-refractivity contribution is 6.35. The standard InChI is InChI=1S/C12H16ClN5O2/c1-2-17-5-6-18(12(20)11(17)19)7-9-8(13)3-4-10(15-9)16-14/h3-4H,2,5-7,14H2,1H3,(H,15,16). The van der Waals surface area contributed by atoms with E-state index in [4.69, 9.17) is 17.4 Å². The molecule has 7 nitrogen and oxygen atoms in total. The number of pyridine rings is 1. The Kier molecular flexibility index (Phi) is 4.41. The van der Waals surface area contributed by atoms with E-state index < -0.39 is 11.8 Å². The van der Waals surface area contributed by atoms with Crippen molar-refractivity contribution in [1.29, 1.82) is 0 Å². The predicted molar refractivity (Wildman–Crippen MR) is 74.7 cm³/mol. The second-order valence-electron chi connectivity index (χ2n) is 4.38. The smallest absolute Gasteiger partial charge is 0.312 e. The lowest BCUT2D eigenvalue weighted by molar-refractivity contribution is -0.156. The third-order valence-electron chi connectivity index (χ3n) is 3.19. The van der Waals surface area contributed by atoms with Gasteiger partial charge in [0, 0.05) is 19.6 Å². The lowest BCUT2D eigenvalue weighted by atomic mass is 10.2. The van der Waals surface area contributed by atoms with E-state index in [0.29, 0.717) is 36.2 Å². The first-order chi connectivity index (χ1) is 9.56. The summed E-state index contributed by atoms with van der Waals surface area (Å²) in [7, 11) is 0. The number of nitrogens with two attached hydrogens (primary N) is 1. The average molecular weight is 298 g/mol. The number of piperazine rings is 1. The first-order valence-electron chi connectivity index (χ1n) is 6.27. The van der Waals surface area contributed by atoms with Crippen molar-refractivity contribution in [1.82, 2.24) is 14.8 Å². The molecule has 1 saturated heterocycles. The van der Waals surface area contributed by atoms with Gasteiger partial charge < -0.3 is 15.2 Å². The molecule has 2 heterocycles. The summed E-state index contributed by atoms with van der Waals surface area (Å²) in [5.74, 6) is 4.74. The van der Waals surface area contributed by atoms with Gasteiger partial charge in [-0.05, 0) is 19.1 Å². The van der Waals surface area contributed by atoms with Crippen molar-refractivity contribution in [3.8, 4) is 0 Å². The van der Waals surface area contributed by atoms with Gasteiger partial charge in [-0.1, -0.05) is 11.6 Å². The maximum Gasteiger partial charge on any atom is 0.312 e. The fourth-order valence-electron chi connectivity index (χ4n) is 2.02. The zero-order chi connectivity index (χ0) is 14.7. The number of nitrogen functional groups attached to an aromatic ring is 1. The molecule has 1 aromatic rings. The number of likely N-dealkylation sites (N-methyl/N-ethyl adjacent to an activating group) is 1. The van der Waals surface area contributed by atoms with Crippen molar-refractivity contribution in [2.75, 3.05) is 25.1 Å². The van der Waals surface area contributed by atoms with Gasteiger partial charge in [-0.25, -0.2) is 10.8 Å². The van der Waals surface area contributed by atoms with E-state index in [2.05, 4.69) is 10.4 Å². The Balaban J connectivity index is 2.14. The molecule has 0 atom stereocenters. The maximum atomic E-state index is 12.0. The molecule has 0 unspecified atom stereocenters. The van der Waals surface area contributed by atoms with Crippen LogP contribution >= 0.6 is 11.6 Å². The second kappa shape index (κ2) is 6.06. The molecule has 1 aromatic heterocycles. The van der Waals surface area contributed by atoms with E-state index in [9.17, 15) is 9.59 Å². The number of carbonyl (C=O) groups excluding carboxylic acids is 2. The third kappa shape index (κ3) is 2.83. The fourth-order valence-corrected chi connectivity index (χ4v) is 2.19. The Labute approximate surface area is 121 Å². The predicted octanol–water partition coefficient (Wildman–Crippen LogP) is 0.211. The number of nitrogens with one attached hydrogen (secondary N) is 1. The molecule has 1 aliphatic rings. The zero-order valence-corrected chi connectivity index (χ0v) is 11.9. The van der Waals surface area contributed by atoms with Gasteiger partial charge >= 0.3 is 11.8 Å². The average Bonchev–Trinajstić information content (AvgIpc) is 2.46. The van der Waals surface area contributed by atoms with Crippen LogP contribution in [0.2, 0.25) is 5.02 Å². The maximum absolute atomic E-state index is 12.0.